The second-order valence-electron chi connectivity index (χ2n) is 5.50. The molecule has 0 saturated heterocycles. The zero-order valence-corrected chi connectivity index (χ0v) is 12.9. The van der Waals surface area contributed by atoms with E-state index in [1.54, 1.807) is 11.3 Å². The molecule has 1 aromatic rings. The van der Waals surface area contributed by atoms with Gasteiger partial charge in [-0.15, -0.1) is 0 Å². The highest BCUT2D eigenvalue weighted by atomic mass is 32.1. The summed E-state index contributed by atoms with van der Waals surface area (Å²) in [4.78, 5) is 2.42. The number of thiophene rings is 1. The minimum absolute atomic E-state index is 0.135. The number of rotatable bonds is 9. The van der Waals surface area contributed by atoms with E-state index in [-0.39, 0.29) is 5.54 Å². The summed E-state index contributed by atoms with van der Waals surface area (Å²) in [6.07, 6.45) is 6.46. The van der Waals surface area contributed by atoms with Gasteiger partial charge in [0.2, 0.25) is 0 Å². The van der Waals surface area contributed by atoms with Crippen molar-refractivity contribution >= 4 is 11.3 Å². The second-order valence-corrected chi connectivity index (χ2v) is 6.28. The highest BCUT2D eigenvalue weighted by molar-refractivity contribution is 7.07. The molecule has 0 aliphatic rings. The van der Waals surface area contributed by atoms with Crippen LogP contribution in [-0.2, 0) is 6.54 Å². The molecule has 0 bridgehead atoms. The van der Waals surface area contributed by atoms with Crippen LogP contribution in [0.25, 0.3) is 0 Å². The van der Waals surface area contributed by atoms with E-state index in [9.17, 15) is 0 Å². The molecule has 0 radical (unpaired) electrons. The average molecular weight is 268 g/mol. The molecule has 1 rings (SSSR count). The van der Waals surface area contributed by atoms with E-state index in [4.69, 9.17) is 5.73 Å². The maximum Gasteiger partial charge on any atom is 0.0304 e. The number of unbranched alkanes of at least 4 members (excludes halogenated alkanes) is 3. The van der Waals surface area contributed by atoms with Crippen LogP contribution in [0.1, 0.15) is 51.5 Å². The molecule has 1 atom stereocenters. The molecule has 2 N–H and O–H groups in total. The highest BCUT2D eigenvalue weighted by Gasteiger charge is 2.27. The Bertz CT molecular complexity index is 310. The Morgan fingerprint density at radius 3 is 2.67 bits per heavy atom. The normalized spacial score (nSPS) is 14.9. The quantitative estimate of drug-likeness (QED) is 0.689. The monoisotopic (exact) mass is 268 g/mol. The van der Waals surface area contributed by atoms with Crippen LogP contribution in [0.3, 0.4) is 0 Å². The standard InChI is InChI=1S/C15H28N2S/c1-4-5-6-7-9-15(2,13-16)17(3)11-14-8-10-18-12-14/h8,10,12H,4-7,9,11,13,16H2,1-3H3. The average Bonchev–Trinajstić information content (AvgIpc) is 2.87. The molecule has 0 aromatic carbocycles. The number of nitrogens with two attached hydrogens (primary N) is 1. The van der Waals surface area contributed by atoms with Crippen molar-refractivity contribution in [3.8, 4) is 0 Å². The van der Waals surface area contributed by atoms with E-state index in [1.165, 1.54) is 37.7 Å². The summed E-state index contributed by atoms with van der Waals surface area (Å²) in [5.74, 6) is 0. The smallest absolute Gasteiger partial charge is 0.0304 e. The maximum atomic E-state index is 6.01. The summed E-state index contributed by atoms with van der Waals surface area (Å²) in [6, 6.07) is 2.20. The first-order chi connectivity index (χ1) is 8.62. The third-order valence-corrected chi connectivity index (χ3v) is 4.66. The van der Waals surface area contributed by atoms with Crippen LogP contribution in [0.15, 0.2) is 16.8 Å². The number of hydrogen-bond donors (Lipinski definition) is 1. The van der Waals surface area contributed by atoms with E-state index in [0.717, 1.165) is 13.1 Å². The molecular weight excluding hydrogens is 240 g/mol. The Morgan fingerprint density at radius 1 is 1.33 bits per heavy atom. The molecule has 1 aromatic heterocycles. The fraction of sp³-hybridized carbons (Fsp3) is 0.733. The van der Waals surface area contributed by atoms with Gasteiger partial charge in [-0.05, 0) is 42.8 Å². The van der Waals surface area contributed by atoms with Crippen LogP contribution in [0.5, 0.6) is 0 Å². The zero-order chi connectivity index (χ0) is 13.4. The molecule has 0 amide bonds. The molecule has 0 saturated carbocycles. The van der Waals surface area contributed by atoms with Crippen molar-refractivity contribution in [1.29, 1.82) is 0 Å². The van der Waals surface area contributed by atoms with Crippen LogP contribution >= 0.6 is 11.3 Å². The minimum atomic E-state index is 0.135. The summed E-state index contributed by atoms with van der Waals surface area (Å²) in [5, 5.41) is 4.37. The lowest BCUT2D eigenvalue weighted by atomic mass is 9.92. The summed E-state index contributed by atoms with van der Waals surface area (Å²) in [7, 11) is 2.20. The van der Waals surface area contributed by atoms with Gasteiger partial charge in [-0.3, -0.25) is 4.90 Å². The lowest BCUT2D eigenvalue weighted by Gasteiger charge is -2.38. The van der Waals surface area contributed by atoms with Crippen LogP contribution in [0.4, 0.5) is 0 Å². The van der Waals surface area contributed by atoms with Gasteiger partial charge in [-0.1, -0.05) is 32.6 Å². The van der Waals surface area contributed by atoms with E-state index >= 15 is 0 Å². The molecule has 104 valence electrons. The molecule has 2 nitrogen and oxygen atoms in total. The Kier molecular flexibility index (Phi) is 6.90. The summed E-state index contributed by atoms with van der Waals surface area (Å²) in [6.45, 7) is 6.29. The second kappa shape index (κ2) is 7.93. The van der Waals surface area contributed by atoms with Gasteiger partial charge in [0.05, 0.1) is 0 Å². The van der Waals surface area contributed by atoms with Crippen LogP contribution < -0.4 is 5.73 Å². The van der Waals surface area contributed by atoms with Crippen molar-refractivity contribution in [2.75, 3.05) is 13.6 Å². The molecular formula is C15H28N2S. The zero-order valence-electron chi connectivity index (χ0n) is 12.1. The van der Waals surface area contributed by atoms with E-state index in [0.29, 0.717) is 0 Å². The lowest BCUT2D eigenvalue weighted by Crippen LogP contribution is -2.49. The molecule has 0 aliphatic heterocycles. The predicted molar refractivity (Wildman–Crippen MR) is 82.0 cm³/mol. The SMILES string of the molecule is CCCCCCC(C)(CN)N(C)Cc1ccsc1. The fourth-order valence-electron chi connectivity index (χ4n) is 2.23. The highest BCUT2D eigenvalue weighted by Crippen LogP contribution is 2.23. The third kappa shape index (κ3) is 4.71. The molecule has 3 heteroatoms. The summed E-state index contributed by atoms with van der Waals surface area (Å²) >= 11 is 1.77. The summed E-state index contributed by atoms with van der Waals surface area (Å²) in [5.41, 5.74) is 7.55. The van der Waals surface area contributed by atoms with Gasteiger partial charge in [0.25, 0.3) is 0 Å². The third-order valence-electron chi connectivity index (χ3n) is 3.93. The number of nitrogens with zero attached hydrogens (tertiary/aromatic N) is 1. The van der Waals surface area contributed by atoms with Gasteiger partial charge >= 0.3 is 0 Å². The van der Waals surface area contributed by atoms with Crippen molar-refractivity contribution < 1.29 is 0 Å². The minimum Gasteiger partial charge on any atom is -0.329 e. The Balaban J connectivity index is 2.45. The van der Waals surface area contributed by atoms with Crippen LogP contribution in [-0.4, -0.2) is 24.0 Å². The first-order valence-electron chi connectivity index (χ1n) is 7.05. The van der Waals surface area contributed by atoms with Gasteiger partial charge in [0.15, 0.2) is 0 Å². The molecule has 18 heavy (non-hydrogen) atoms. The lowest BCUT2D eigenvalue weighted by molar-refractivity contribution is 0.123. The van der Waals surface area contributed by atoms with Gasteiger partial charge in [-0.2, -0.15) is 11.3 Å². The number of likely N-dealkylation sites (N-methyl/N-ethyl adjacent to an activating group) is 1. The Labute approximate surface area is 116 Å². The summed E-state index contributed by atoms with van der Waals surface area (Å²) < 4.78 is 0. The van der Waals surface area contributed by atoms with Gasteiger partial charge in [0, 0.05) is 18.6 Å². The van der Waals surface area contributed by atoms with Crippen molar-refractivity contribution in [2.24, 2.45) is 5.73 Å². The van der Waals surface area contributed by atoms with E-state index < -0.39 is 0 Å². The first kappa shape index (κ1) is 15.7. The van der Waals surface area contributed by atoms with Gasteiger partial charge < -0.3 is 5.73 Å². The molecule has 0 aliphatic carbocycles. The topological polar surface area (TPSA) is 29.3 Å². The first-order valence-corrected chi connectivity index (χ1v) is 7.99. The predicted octanol–water partition coefficient (Wildman–Crippen LogP) is 3.87. The molecule has 1 heterocycles. The van der Waals surface area contributed by atoms with E-state index in [1.807, 2.05) is 0 Å². The molecule has 0 spiro atoms. The van der Waals surface area contributed by atoms with Crippen LogP contribution in [0, 0.1) is 0 Å². The van der Waals surface area contributed by atoms with Crippen LogP contribution in [0.2, 0.25) is 0 Å². The Hall–Kier alpha value is -0.380. The van der Waals surface area contributed by atoms with Crippen molar-refractivity contribution in [3.63, 3.8) is 0 Å². The van der Waals surface area contributed by atoms with Gasteiger partial charge in [0.1, 0.15) is 0 Å². The Morgan fingerprint density at radius 2 is 2.11 bits per heavy atom. The molecule has 0 fully saturated rings. The van der Waals surface area contributed by atoms with Crippen molar-refractivity contribution in [1.82, 2.24) is 4.90 Å². The number of hydrogen-bond acceptors (Lipinski definition) is 3. The largest absolute Gasteiger partial charge is 0.329 e. The van der Waals surface area contributed by atoms with Gasteiger partial charge in [-0.25, -0.2) is 0 Å². The van der Waals surface area contributed by atoms with Crippen molar-refractivity contribution in [3.05, 3.63) is 22.4 Å². The van der Waals surface area contributed by atoms with E-state index in [2.05, 4.69) is 42.6 Å². The maximum absolute atomic E-state index is 6.01. The fourth-order valence-corrected chi connectivity index (χ4v) is 2.89. The molecule has 1 unspecified atom stereocenters. The van der Waals surface area contributed by atoms with Crippen molar-refractivity contribution in [2.45, 2.75) is 58.0 Å².